The fourth-order valence-electron chi connectivity index (χ4n) is 3.44. The number of rotatable bonds is 6. The SMILES string of the molecule is COc1ccc2c(c1)C(NCC(C(C)C)C(C)C)CC2. The van der Waals surface area contributed by atoms with Gasteiger partial charge in [0.2, 0.25) is 0 Å². The monoisotopic (exact) mass is 275 g/mol. The molecule has 1 aromatic carbocycles. The van der Waals surface area contributed by atoms with Gasteiger partial charge in [-0.1, -0.05) is 33.8 Å². The van der Waals surface area contributed by atoms with Crippen LogP contribution in [-0.4, -0.2) is 13.7 Å². The maximum Gasteiger partial charge on any atom is 0.119 e. The van der Waals surface area contributed by atoms with Crippen molar-refractivity contribution >= 4 is 0 Å². The van der Waals surface area contributed by atoms with Crippen molar-refractivity contribution in [3.63, 3.8) is 0 Å². The third-order valence-corrected chi connectivity index (χ3v) is 4.74. The molecule has 20 heavy (non-hydrogen) atoms. The smallest absolute Gasteiger partial charge is 0.119 e. The number of hydrogen-bond donors (Lipinski definition) is 1. The van der Waals surface area contributed by atoms with Crippen LogP contribution >= 0.6 is 0 Å². The predicted octanol–water partition coefficient (Wildman–Crippen LogP) is 4.20. The summed E-state index contributed by atoms with van der Waals surface area (Å²) in [7, 11) is 1.74. The maximum absolute atomic E-state index is 5.36. The van der Waals surface area contributed by atoms with Gasteiger partial charge in [0, 0.05) is 6.04 Å². The summed E-state index contributed by atoms with van der Waals surface area (Å²) in [5, 5.41) is 3.80. The molecular formula is C18H29NO. The molecule has 1 N–H and O–H groups in total. The van der Waals surface area contributed by atoms with Crippen LogP contribution in [0, 0.1) is 17.8 Å². The van der Waals surface area contributed by atoms with Crippen molar-refractivity contribution in [3.05, 3.63) is 29.3 Å². The predicted molar refractivity (Wildman–Crippen MR) is 85.2 cm³/mol. The number of methoxy groups -OCH3 is 1. The minimum Gasteiger partial charge on any atom is -0.497 e. The Morgan fingerprint density at radius 3 is 2.50 bits per heavy atom. The van der Waals surface area contributed by atoms with Gasteiger partial charge in [0.1, 0.15) is 5.75 Å². The number of fused-ring (bicyclic) bond motifs is 1. The number of ether oxygens (including phenoxy) is 1. The van der Waals surface area contributed by atoms with Gasteiger partial charge in [0.05, 0.1) is 7.11 Å². The first-order valence-electron chi connectivity index (χ1n) is 7.93. The minimum atomic E-state index is 0.500. The molecule has 0 amide bonds. The third-order valence-electron chi connectivity index (χ3n) is 4.74. The Morgan fingerprint density at radius 2 is 1.90 bits per heavy atom. The molecule has 1 aliphatic carbocycles. The fraction of sp³-hybridized carbons (Fsp3) is 0.667. The number of hydrogen-bond acceptors (Lipinski definition) is 2. The first-order valence-corrected chi connectivity index (χ1v) is 7.93. The lowest BCUT2D eigenvalue weighted by molar-refractivity contribution is 0.265. The zero-order chi connectivity index (χ0) is 14.7. The van der Waals surface area contributed by atoms with E-state index in [1.807, 2.05) is 0 Å². The van der Waals surface area contributed by atoms with Crippen molar-refractivity contribution in [1.82, 2.24) is 5.32 Å². The van der Waals surface area contributed by atoms with E-state index in [1.54, 1.807) is 7.11 Å². The topological polar surface area (TPSA) is 21.3 Å². The summed E-state index contributed by atoms with van der Waals surface area (Å²) >= 11 is 0. The van der Waals surface area contributed by atoms with Crippen LogP contribution in [-0.2, 0) is 6.42 Å². The van der Waals surface area contributed by atoms with Gasteiger partial charge in [-0.05, 0) is 60.4 Å². The standard InChI is InChI=1S/C18H29NO/c1-12(2)17(13(3)4)11-19-18-9-7-14-6-8-15(20-5)10-16(14)18/h6,8,10,12-13,17-19H,7,9,11H2,1-5H3. The lowest BCUT2D eigenvalue weighted by Gasteiger charge is -2.27. The minimum absolute atomic E-state index is 0.500. The fourth-order valence-corrected chi connectivity index (χ4v) is 3.44. The second-order valence-corrected chi connectivity index (χ2v) is 6.72. The molecule has 1 aliphatic rings. The maximum atomic E-state index is 5.36. The molecule has 1 atom stereocenters. The van der Waals surface area contributed by atoms with E-state index in [1.165, 1.54) is 24.0 Å². The van der Waals surface area contributed by atoms with E-state index in [-0.39, 0.29) is 0 Å². The van der Waals surface area contributed by atoms with Crippen LogP contribution in [0.1, 0.15) is 51.3 Å². The molecule has 1 aromatic rings. The van der Waals surface area contributed by atoms with Crippen molar-refractivity contribution in [1.29, 1.82) is 0 Å². The zero-order valence-corrected chi connectivity index (χ0v) is 13.6. The van der Waals surface area contributed by atoms with Crippen molar-refractivity contribution in [2.45, 2.75) is 46.6 Å². The van der Waals surface area contributed by atoms with Crippen LogP contribution in [0.5, 0.6) is 5.75 Å². The molecule has 0 saturated heterocycles. The van der Waals surface area contributed by atoms with E-state index in [2.05, 4.69) is 51.2 Å². The molecule has 2 heteroatoms. The Balaban J connectivity index is 2.03. The quantitative estimate of drug-likeness (QED) is 0.840. The van der Waals surface area contributed by atoms with Crippen molar-refractivity contribution in [2.75, 3.05) is 13.7 Å². The van der Waals surface area contributed by atoms with E-state index < -0.39 is 0 Å². The van der Waals surface area contributed by atoms with Crippen LogP contribution in [0.4, 0.5) is 0 Å². The van der Waals surface area contributed by atoms with Crippen LogP contribution in [0.2, 0.25) is 0 Å². The number of benzene rings is 1. The van der Waals surface area contributed by atoms with Gasteiger partial charge >= 0.3 is 0 Å². The van der Waals surface area contributed by atoms with Crippen LogP contribution < -0.4 is 10.1 Å². The van der Waals surface area contributed by atoms with Gasteiger partial charge in [-0.3, -0.25) is 0 Å². The molecule has 0 saturated carbocycles. The van der Waals surface area contributed by atoms with Gasteiger partial charge in [-0.15, -0.1) is 0 Å². The first-order chi connectivity index (χ1) is 9.52. The largest absolute Gasteiger partial charge is 0.497 e. The normalized spacial score (nSPS) is 18.1. The average Bonchev–Trinajstić information content (AvgIpc) is 2.80. The van der Waals surface area contributed by atoms with Crippen LogP contribution in [0.15, 0.2) is 18.2 Å². The zero-order valence-electron chi connectivity index (χ0n) is 13.6. The summed E-state index contributed by atoms with van der Waals surface area (Å²) in [6.07, 6.45) is 2.40. The Hall–Kier alpha value is -1.02. The molecule has 1 unspecified atom stereocenters. The van der Waals surface area contributed by atoms with Crippen molar-refractivity contribution in [2.24, 2.45) is 17.8 Å². The summed E-state index contributed by atoms with van der Waals surface area (Å²) in [5.41, 5.74) is 2.92. The summed E-state index contributed by atoms with van der Waals surface area (Å²) in [6, 6.07) is 7.00. The van der Waals surface area contributed by atoms with Crippen LogP contribution in [0.3, 0.4) is 0 Å². The van der Waals surface area contributed by atoms with Crippen LogP contribution in [0.25, 0.3) is 0 Å². The molecule has 0 aliphatic heterocycles. The third kappa shape index (κ3) is 3.35. The highest BCUT2D eigenvalue weighted by molar-refractivity contribution is 5.40. The second kappa shape index (κ2) is 6.62. The molecule has 0 spiro atoms. The van der Waals surface area contributed by atoms with Gasteiger partial charge in [-0.2, -0.15) is 0 Å². The summed E-state index contributed by atoms with van der Waals surface area (Å²) in [6.45, 7) is 10.4. The highest BCUT2D eigenvalue weighted by atomic mass is 16.5. The summed E-state index contributed by atoms with van der Waals surface area (Å²) in [4.78, 5) is 0. The highest BCUT2D eigenvalue weighted by Gasteiger charge is 2.25. The summed E-state index contributed by atoms with van der Waals surface area (Å²) in [5.74, 6) is 3.17. The number of aryl methyl sites for hydroxylation is 1. The van der Waals surface area contributed by atoms with E-state index >= 15 is 0 Å². The molecule has 0 fully saturated rings. The highest BCUT2D eigenvalue weighted by Crippen LogP contribution is 2.34. The molecule has 0 aromatic heterocycles. The van der Waals surface area contributed by atoms with Gasteiger partial charge in [0.25, 0.3) is 0 Å². The van der Waals surface area contributed by atoms with E-state index in [9.17, 15) is 0 Å². The Bertz CT molecular complexity index is 431. The first kappa shape index (κ1) is 15.4. The Morgan fingerprint density at radius 1 is 1.20 bits per heavy atom. The van der Waals surface area contributed by atoms with Gasteiger partial charge in [0.15, 0.2) is 0 Å². The van der Waals surface area contributed by atoms with E-state index in [0.717, 1.165) is 30.0 Å². The second-order valence-electron chi connectivity index (χ2n) is 6.72. The average molecular weight is 275 g/mol. The molecule has 2 nitrogen and oxygen atoms in total. The lowest BCUT2D eigenvalue weighted by Crippen LogP contribution is -2.31. The molecule has 112 valence electrons. The number of nitrogens with one attached hydrogen (secondary N) is 1. The molecule has 0 radical (unpaired) electrons. The lowest BCUT2D eigenvalue weighted by atomic mass is 9.85. The van der Waals surface area contributed by atoms with Crippen molar-refractivity contribution < 1.29 is 4.74 Å². The molecule has 0 heterocycles. The van der Waals surface area contributed by atoms with Gasteiger partial charge in [-0.25, -0.2) is 0 Å². The van der Waals surface area contributed by atoms with E-state index in [0.29, 0.717) is 6.04 Å². The Kier molecular flexibility index (Phi) is 5.09. The van der Waals surface area contributed by atoms with Crippen molar-refractivity contribution in [3.8, 4) is 5.75 Å². The van der Waals surface area contributed by atoms with E-state index in [4.69, 9.17) is 4.74 Å². The molecule has 0 bridgehead atoms. The molecule has 2 rings (SSSR count). The Labute approximate surface area is 123 Å². The summed E-state index contributed by atoms with van der Waals surface area (Å²) < 4.78 is 5.36. The van der Waals surface area contributed by atoms with Gasteiger partial charge < -0.3 is 10.1 Å². The molecular weight excluding hydrogens is 246 g/mol.